The molecular weight excluding hydrogens is 268 g/mol. The minimum atomic E-state index is -3.49. The summed E-state index contributed by atoms with van der Waals surface area (Å²) in [5.41, 5.74) is 1.04. The Morgan fingerprint density at radius 1 is 1.37 bits per heavy atom. The lowest BCUT2D eigenvalue weighted by Gasteiger charge is -2.05. The van der Waals surface area contributed by atoms with Crippen LogP contribution >= 0.6 is 0 Å². The highest BCUT2D eigenvalue weighted by molar-refractivity contribution is 7.88. The van der Waals surface area contributed by atoms with Crippen molar-refractivity contribution in [1.82, 2.24) is 9.88 Å². The first-order chi connectivity index (χ1) is 8.94. The first-order valence-corrected chi connectivity index (χ1v) is 7.27. The number of benzene rings is 1. The Hall–Kier alpha value is -1.86. The number of sulfonamides is 1. The van der Waals surface area contributed by atoms with E-state index in [0.29, 0.717) is 17.0 Å². The molecule has 102 valence electrons. The zero-order valence-corrected chi connectivity index (χ0v) is 11.1. The minimum absolute atomic E-state index is 0.101. The standard InChI is InChI=1S/C12H14N2O4S/c1-9-5-11(14-18-9)8-19(16,17)13-7-10-3-2-4-12(15)6-10/h2-6,13,15H,7-8H2,1H3. The van der Waals surface area contributed by atoms with E-state index < -0.39 is 10.0 Å². The highest BCUT2D eigenvalue weighted by Gasteiger charge is 2.14. The summed E-state index contributed by atoms with van der Waals surface area (Å²) in [5, 5.41) is 12.9. The van der Waals surface area contributed by atoms with Crippen molar-refractivity contribution >= 4 is 10.0 Å². The zero-order valence-electron chi connectivity index (χ0n) is 10.3. The molecule has 0 spiro atoms. The van der Waals surface area contributed by atoms with Gasteiger partial charge in [-0.15, -0.1) is 0 Å². The summed E-state index contributed by atoms with van der Waals surface area (Å²) in [5.74, 6) is 0.436. The number of nitrogens with zero attached hydrogens (tertiary/aromatic N) is 1. The van der Waals surface area contributed by atoms with E-state index in [2.05, 4.69) is 9.88 Å². The van der Waals surface area contributed by atoms with Crippen molar-refractivity contribution in [2.75, 3.05) is 0 Å². The Kier molecular flexibility index (Phi) is 3.87. The summed E-state index contributed by atoms with van der Waals surface area (Å²) < 4.78 is 30.9. The number of hydrogen-bond acceptors (Lipinski definition) is 5. The average Bonchev–Trinajstić information content (AvgIpc) is 2.72. The predicted molar refractivity (Wildman–Crippen MR) is 68.8 cm³/mol. The van der Waals surface area contributed by atoms with Gasteiger partial charge in [0.15, 0.2) is 0 Å². The number of nitrogens with one attached hydrogen (secondary N) is 1. The molecule has 0 atom stereocenters. The van der Waals surface area contributed by atoms with E-state index in [1.54, 1.807) is 25.1 Å². The molecule has 0 aliphatic heterocycles. The van der Waals surface area contributed by atoms with Crippen LogP contribution in [0.2, 0.25) is 0 Å². The Morgan fingerprint density at radius 3 is 2.79 bits per heavy atom. The van der Waals surface area contributed by atoms with Gasteiger partial charge in [-0.05, 0) is 24.6 Å². The summed E-state index contributed by atoms with van der Waals surface area (Å²) in [6, 6.07) is 7.98. The van der Waals surface area contributed by atoms with Crippen molar-refractivity contribution in [3.63, 3.8) is 0 Å². The molecular formula is C12H14N2O4S. The van der Waals surface area contributed by atoms with Crippen LogP contribution in [0.15, 0.2) is 34.9 Å². The molecule has 19 heavy (non-hydrogen) atoms. The molecule has 0 aliphatic carbocycles. The van der Waals surface area contributed by atoms with Crippen LogP contribution < -0.4 is 4.72 Å². The van der Waals surface area contributed by atoms with Crippen molar-refractivity contribution in [3.05, 3.63) is 47.3 Å². The Balaban J connectivity index is 1.98. The van der Waals surface area contributed by atoms with Crippen molar-refractivity contribution in [2.24, 2.45) is 0 Å². The molecule has 7 heteroatoms. The normalized spacial score (nSPS) is 11.6. The molecule has 0 fully saturated rings. The highest BCUT2D eigenvalue weighted by Crippen LogP contribution is 2.11. The number of aromatic hydroxyl groups is 1. The van der Waals surface area contributed by atoms with E-state index in [1.807, 2.05) is 0 Å². The highest BCUT2D eigenvalue weighted by atomic mass is 32.2. The SMILES string of the molecule is Cc1cc(CS(=O)(=O)NCc2cccc(O)c2)no1. The van der Waals surface area contributed by atoms with E-state index in [9.17, 15) is 13.5 Å². The third-order valence-electron chi connectivity index (χ3n) is 2.42. The van der Waals surface area contributed by atoms with Crippen molar-refractivity contribution in [3.8, 4) is 5.75 Å². The van der Waals surface area contributed by atoms with Crippen LogP contribution in [0.25, 0.3) is 0 Å². The number of aryl methyl sites for hydroxylation is 1. The molecule has 0 saturated heterocycles. The second-order valence-electron chi connectivity index (χ2n) is 4.18. The van der Waals surface area contributed by atoms with Crippen LogP contribution in [0.5, 0.6) is 5.75 Å². The molecule has 2 aromatic rings. The maximum Gasteiger partial charge on any atom is 0.217 e. The number of aromatic nitrogens is 1. The van der Waals surface area contributed by atoms with Gasteiger partial charge in [-0.1, -0.05) is 17.3 Å². The van der Waals surface area contributed by atoms with Crippen molar-refractivity contribution < 1.29 is 18.0 Å². The lowest BCUT2D eigenvalue weighted by atomic mass is 10.2. The van der Waals surface area contributed by atoms with Gasteiger partial charge in [0.2, 0.25) is 10.0 Å². The van der Waals surface area contributed by atoms with E-state index >= 15 is 0 Å². The molecule has 1 aromatic carbocycles. The van der Waals surface area contributed by atoms with Crippen LogP contribution in [0, 0.1) is 6.92 Å². The monoisotopic (exact) mass is 282 g/mol. The molecule has 0 unspecified atom stereocenters. The minimum Gasteiger partial charge on any atom is -0.508 e. The van der Waals surface area contributed by atoms with Crippen LogP contribution in [0.1, 0.15) is 17.0 Å². The topological polar surface area (TPSA) is 92.4 Å². The molecule has 2 rings (SSSR count). The van der Waals surface area contributed by atoms with Gasteiger partial charge in [-0.2, -0.15) is 0 Å². The Labute approximate surface area is 111 Å². The predicted octanol–water partition coefficient (Wildman–Crippen LogP) is 1.31. The number of phenols is 1. The van der Waals surface area contributed by atoms with Crippen LogP contribution in [-0.4, -0.2) is 18.7 Å². The van der Waals surface area contributed by atoms with Gasteiger partial charge < -0.3 is 9.63 Å². The van der Waals surface area contributed by atoms with Gasteiger partial charge in [0.25, 0.3) is 0 Å². The molecule has 0 radical (unpaired) electrons. The van der Waals surface area contributed by atoms with Gasteiger partial charge in [0.05, 0.1) is 0 Å². The van der Waals surface area contributed by atoms with Gasteiger partial charge in [0.1, 0.15) is 23.0 Å². The van der Waals surface area contributed by atoms with Crippen molar-refractivity contribution in [2.45, 2.75) is 19.2 Å². The van der Waals surface area contributed by atoms with Gasteiger partial charge in [0, 0.05) is 12.6 Å². The molecule has 0 bridgehead atoms. The summed E-state index contributed by atoms with van der Waals surface area (Å²) in [6.07, 6.45) is 0. The first-order valence-electron chi connectivity index (χ1n) is 5.62. The molecule has 2 N–H and O–H groups in total. The molecule has 0 aliphatic rings. The Morgan fingerprint density at radius 2 is 2.16 bits per heavy atom. The number of rotatable bonds is 5. The quantitative estimate of drug-likeness (QED) is 0.862. The van der Waals surface area contributed by atoms with Crippen LogP contribution in [-0.2, 0) is 22.3 Å². The number of hydrogen-bond donors (Lipinski definition) is 2. The largest absolute Gasteiger partial charge is 0.508 e. The fraction of sp³-hybridized carbons (Fsp3) is 0.250. The fourth-order valence-electron chi connectivity index (χ4n) is 1.59. The second kappa shape index (κ2) is 5.41. The maximum absolute atomic E-state index is 11.8. The molecule has 1 aromatic heterocycles. The maximum atomic E-state index is 11.8. The third-order valence-corrected chi connectivity index (χ3v) is 3.68. The third kappa shape index (κ3) is 4.08. The van der Waals surface area contributed by atoms with E-state index in [4.69, 9.17) is 4.52 Å². The summed E-state index contributed by atoms with van der Waals surface area (Å²) in [6.45, 7) is 1.82. The lowest BCUT2D eigenvalue weighted by molar-refractivity contribution is 0.392. The molecule has 0 amide bonds. The summed E-state index contributed by atoms with van der Waals surface area (Å²) in [4.78, 5) is 0. The van der Waals surface area contributed by atoms with Gasteiger partial charge in [-0.3, -0.25) is 0 Å². The zero-order chi connectivity index (χ0) is 13.9. The van der Waals surface area contributed by atoms with E-state index in [1.165, 1.54) is 12.1 Å². The smallest absolute Gasteiger partial charge is 0.217 e. The van der Waals surface area contributed by atoms with E-state index in [-0.39, 0.29) is 18.0 Å². The lowest BCUT2D eigenvalue weighted by Crippen LogP contribution is -2.24. The fourth-order valence-corrected chi connectivity index (χ4v) is 2.61. The average molecular weight is 282 g/mol. The van der Waals surface area contributed by atoms with Crippen LogP contribution in [0.4, 0.5) is 0 Å². The number of phenolic OH excluding ortho intramolecular Hbond substituents is 1. The van der Waals surface area contributed by atoms with Crippen LogP contribution in [0.3, 0.4) is 0 Å². The van der Waals surface area contributed by atoms with E-state index in [0.717, 1.165) is 0 Å². The Bertz CT molecular complexity index is 664. The first kappa shape index (κ1) is 13.6. The molecule has 6 nitrogen and oxygen atoms in total. The van der Waals surface area contributed by atoms with Gasteiger partial charge in [-0.25, -0.2) is 13.1 Å². The molecule has 0 saturated carbocycles. The molecule has 1 heterocycles. The summed E-state index contributed by atoms with van der Waals surface area (Å²) in [7, 11) is -3.49. The summed E-state index contributed by atoms with van der Waals surface area (Å²) >= 11 is 0. The van der Waals surface area contributed by atoms with Gasteiger partial charge >= 0.3 is 0 Å². The second-order valence-corrected chi connectivity index (χ2v) is 5.99. The van der Waals surface area contributed by atoms with Crippen molar-refractivity contribution in [1.29, 1.82) is 0 Å².